The van der Waals surface area contributed by atoms with Crippen LogP contribution >= 0.6 is 11.3 Å². The van der Waals surface area contributed by atoms with Crippen LogP contribution < -0.4 is 11.1 Å². The number of thiophene rings is 1. The molecule has 0 aliphatic heterocycles. The third-order valence-electron chi connectivity index (χ3n) is 1.37. The normalized spacial score (nSPS) is 9.55. The summed E-state index contributed by atoms with van der Waals surface area (Å²) in [7, 11) is 0. The minimum atomic E-state index is 0.637. The van der Waals surface area contributed by atoms with Crippen molar-refractivity contribution in [2.24, 2.45) is 0 Å². The van der Waals surface area contributed by atoms with Gasteiger partial charge >= 0.3 is 0 Å². The Balaban J connectivity index is 2.87. The number of nitrogens with two attached hydrogens (primary N) is 1. The average molecular weight is 170 g/mol. The summed E-state index contributed by atoms with van der Waals surface area (Å²) in [6.07, 6.45) is 1.59. The fourth-order valence-electron chi connectivity index (χ4n) is 0.808. The van der Waals surface area contributed by atoms with Gasteiger partial charge in [0.05, 0.1) is 5.69 Å². The van der Waals surface area contributed by atoms with Gasteiger partial charge in [-0.15, -0.1) is 11.3 Å². The summed E-state index contributed by atoms with van der Waals surface area (Å²) in [6, 6.07) is 1.90. The molecule has 1 rings (SSSR count). The van der Waals surface area contributed by atoms with Crippen LogP contribution in [0.5, 0.6) is 0 Å². The number of rotatable bonds is 3. The number of anilines is 2. The lowest BCUT2D eigenvalue weighted by atomic mass is 10.3. The van der Waals surface area contributed by atoms with Crippen molar-refractivity contribution in [3.8, 4) is 0 Å². The molecule has 0 saturated carbocycles. The van der Waals surface area contributed by atoms with Crippen molar-refractivity contribution in [2.45, 2.75) is 13.3 Å². The van der Waals surface area contributed by atoms with E-state index in [4.69, 9.17) is 5.73 Å². The largest absolute Gasteiger partial charge is 0.389 e. The number of aryl methyl sites for hydroxylation is 1. The minimum absolute atomic E-state index is 0.637. The Hall–Kier alpha value is -1.03. The van der Waals surface area contributed by atoms with E-state index in [2.05, 4.69) is 12.2 Å². The molecule has 0 saturated heterocycles. The number of carbonyl (C=O) groups is 1. The van der Waals surface area contributed by atoms with Crippen molar-refractivity contribution in [3.05, 3.63) is 10.9 Å². The van der Waals surface area contributed by atoms with Gasteiger partial charge in [0.15, 0.2) is 0 Å². The minimum Gasteiger partial charge on any atom is -0.389 e. The molecule has 0 spiro atoms. The first-order chi connectivity index (χ1) is 5.27. The van der Waals surface area contributed by atoms with Crippen molar-refractivity contribution >= 4 is 28.4 Å². The molecule has 0 aliphatic carbocycles. The van der Waals surface area contributed by atoms with Crippen LogP contribution in [0.4, 0.5) is 10.7 Å². The lowest BCUT2D eigenvalue weighted by Crippen LogP contribution is -1.94. The van der Waals surface area contributed by atoms with Crippen LogP contribution in [0.3, 0.4) is 0 Å². The molecule has 0 unspecified atom stereocenters. The fraction of sp³-hybridized carbons (Fsp3) is 0.286. The van der Waals surface area contributed by atoms with Crippen LogP contribution in [-0.4, -0.2) is 6.41 Å². The number of nitrogen functional groups attached to an aromatic ring is 1. The molecule has 11 heavy (non-hydrogen) atoms. The summed E-state index contributed by atoms with van der Waals surface area (Å²) < 4.78 is 0. The first-order valence-corrected chi connectivity index (χ1v) is 4.18. The highest BCUT2D eigenvalue weighted by atomic mass is 32.1. The predicted molar refractivity (Wildman–Crippen MR) is 47.8 cm³/mol. The Kier molecular flexibility index (Phi) is 2.48. The Labute approximate surface area is 69.2 Å². The molecule has 3 nitrogen and oxygen atoms in total. The van der Waals surface area contributed by atoms with Crippen molar-refractivity contribution in [1.82, 2.24) is 0 Å². The predicted octanol–water partition coefficient (Wildman–Crippen LogP) is 1.46. The first-order valence-electron chi connectivity index (χ1n) is 3.36. The summed E-state index contributed by atoms with van der Waals surface area (Å²) in [5, 5.41) is 3.21. The van der Waals surface area contributed by atoms with E-state index in [9.17, 15) is 4.79 Å². The molecule has 0 aliphatic rings. The fourth-order valence-corrected chi connectivity index (χ4v) is 1.64. The van der Waals surface area contributed by atoms with Gasteiger partial charge in [-0.3, -0.25) is 4.79 Å². The molecule has 1 aromatic rings. The summed E-state index contributed by atoms with van der Waals surface area (Å²) >= 11 is 1.51. The van der Waals surface area contributed by atoms with Gasteiger partial charge in [0.1, 0.15) is 5.00 Å². The number of carbonyl (C=O) groups excluding carboxylic acids is 1. The van der Waals surface area contributed by atoms with Crippen LogP contribution in [0, 0.1) is 0 Å². The van der Waals surface area contributed by atoms with E-state index in [1.165, 1.54) is 16.2 Å². The van der Waals surface area contributed by atoms with E-state index in [1.54, 1.807) is 0 Å². The smallest absolute Gasteiger partial charge is 0.211 e. The lowest BCUT2D eigenvalue weighted by Gasteiger charge is -1.91. The highest BCUT2D eigenvalue weighted by Gasteiger charge is 2.02. The van der Waals surface area contributed by atoms with Crippen molar-refractivity contribution in [1.29, 1.82) is 0 Å². The van der Waals surface area contributed by atoms with Gasteiger partial charge in [0.2, 0.25) is 6.41 Å². The molecular weight excluding hydrogens is 160 g/mol. The zero-order chi connectivity index (χ0) is 8.27. The Morgan fingerprint density at radius 1 is 1.82 bits per heavy atom. The second kappa shape index (κ2) is 3.39. The van der Waals surface area contributed by atoms with E-state index >= 15 is 0 Å². The molecule has 0 aromatic carbocycles. The second-order valence-electron chi connectivity index (χ2n) is 2.11. The average Bonchev–Trinajstić information content (AvgIpc) is 2.33. The molecule has 4 heteroatoms. The third kappa shape index (κ3) is 1.71. The van der Waals surface area contributed by atoms with E-state index in [0.717, 1.165) is 12.1 Å². The summed E-state index contributed by atoms with van der Waals surface area (Å²) in [5.41, 5.74) is 6.32. The van der Waals surface area contributed by atoms with Crippen LogP contribution in [0.15, 0.2) is 6.07 Å². The molecule has 60 valence electrons. The Bertz CT molecular complexity index is 257. The van der Waals surface area contributed by atoms with Gasteiger partial charge in [-0.05, 0) is 12.5 Å². The number of hydrogen-bond donors (Lipinski definition) is 2. The molecule has 0 atom stereocenters. The van der Waals surface area contributed by atoms with E-state index in [0.29, 0.717) is 11.4 Å². The van der Waals surface area contributed by atoms with Crippen molar-refractivity contribution in [2.75, 3.05) is 11.1 Å². The molecule has 3 N–H and O–H groups in total. The first kappa shape index (κ1) is 8.07. The molecule has 1 amide bonds. The summed E-state index contributed by atoms with van der Waals surface area (Å²) in [5.74, 6) is 0. The van der Waals surface area contributed by atoms with Crippen LogP contribution in [0.1, 0.15) is 11.8 Å². The molecule has 0 fully saturated rings. The number of hydrogen-bond acceptors (Lipinski definition) is 3. The Morgan fingerprint density at radius 3 is 3.00 bits per heavy atom. The number of nitrogens with one attached hydrogen (secondary N) is 1. The second-order valence-corrected chi connectivity index (χ2v) is 3.27. The summed E-state index contributed by atoms with van der Waals surface area (Å²) in [4.78, 5) is 11.2. The zero-order valence-corrected chi connectivity index (χ0v) is 7.07. The monoisotopic (exact) mass is 170 g/mol. The topological polar surface area (TPSA) is 55.1 Å². The number of amides is 1. The third-order valence-corrected chi connectivity index (χ3v) is 2.48. The maximum atomic E-state index is 10.1. The van der Waals surface area contributed by atoms with Gasteiger partial charge in [-0.25, -0.2) is 0 Å². The molecule has 1 aromatic heterocycles. The quantitative estimate of drug-likeness (QED) is 0.675. The summed E-state index contributed by atoms with van der Waals surface area (Å²) in [6.45, 7) is 2.05. The van der Waals surface area contributed by atoms with E-state index in [-0.39, 0.29) is 0 Å². The van der Waals surface area contributed by atoms with Crippen molar-refractivity contribution in [3.63, 3.8) is 0 Å². The maximum Gasteiger partial charge on any atom is 0.211 e. The molecule has 0 bridgehead atoms. The highest BCUT2D eigenvalue weighted by molar-refractivity contribution is 7.16. The van der Waals surface area contributed by atoms with E-state index in [1.807, 2.05) is 6.07 Å². The van der Waals surface area contributed by atoms with Gasteiger partial charge < -0.3 is 11.1 Å². The van der Waals surface area contributed by atoms with Gasteiger partial charge in [-0.1, -0.05) is 6.92 Å². The van der Waals surface area contributed by atoms with E-state index < -0.39 is 0 Å². The SMILES string of the molecule is CCc1cc(NC=O)c(N)s1. The molecule has 1 heterocycles. The van der Waals surface area contributed by atoms with Gasteiger partial charge in [0.25, 0.3) is 0 Å². The standard InChI is InChI=1S/C7H10N2OS/c1-2-5-3-6(9-4-10)7(8)11-5/h3-4H,2,8H2,1H3,(H,9,10). The van der Waals surface area contributed by atoms with Gasteiger partial charge in [-0.2, -0.15) is 0 Å². The maximum absolute atomic E-state index is 10.1. The highest BCUT2D eigenvalue weighted by Crippen LogP contribution is 2.29. The van der Waals surface area contributed by atoms with Crippen LogP contribution in [-0.2, 0) is 11.2 Å². The van der Waals surface area contributed by atoms with Gasteiger partial charge in [0, 0.05) is 4.88 Å². The lowest BCUT2D eigenvalue weighted by molar-refractivity contribution is -0.105. The zero-order valence-electron chi connectivity index (χ0n) is 6.26. The Morgan fingerprint density at radius 2 is 2.55 bits per heavy atom. The van der Waals surface area contributed by atoms with Crippen molar-refractivity contribution < 1.29 is 4.79 Å². The van der Waals surface area contributed by atoms with Crippen LogP contribution in [0.25, 0.3) is 0 Å². The molecule has 0 radical (unpaired) electrons. The van der Waals surface area contributed by atoms with Crippen LogP contribution in [0.2, 0.25) is 0 Å². The molecular formula is C7H10N2OS.